The van der Waals surface area contributed by atoms with Crippen molar-refractivity contribution in [3.8, 4) is 17.9 Å². The van der Waals surface area contributed by atoms with Crippen LogP contribution in [0.15, 0.2) is 84.9 Å². The molecule has 0 heterocycles. The van der Waals surface area contributed by atoms with E-state index in [1.54, 1.807) is 36.3 Å². The quantitative estimate of drug-likeness (QED) is 0.330. The number of rotatable bonds is 8. The molecule has 3 rings (SSSR count). The molecule has 1 amide bonds. The van der Waals surface area contributed by atoms with Crippen LogP contribution in [-0.2, 0) is 10.2 Å². The maximum absolute atomic E-state index is 14.0. The van der Waals surface area contributed by atoms with Crippen LogP contribution in [0, 0.1) is 28.6 Å². The van der Waals surface area contributed by atoms with Gasteiger partial charge in [-0.05, 0) is 62.6 Å². The van der Waals surface area contributed by atoms with Gasteiger partial charge in [-0.1, -0.05) is 67.6 Å². The van der Waals surface area contributed by atoms with Crippen LogP contribution in [-0.4, -0.2) is 18.8 Å². The van der Waals surface area contributed by atoms with E-state index in [2.05, 4.69) is 12.1 Å². The Hall–Kier alpha value is -4.29. The van der Waals surface area contributed by atoms with E-state index in [9.17, 15) is 15.3 Å². The van der Waals surface area contributed by atoms with Crippen LogP contribution in [0.5, 0.6) is 5.75 Å². The van der Waals surface area contributed by atoms with E-state index in [1.807, 2.05) is 88.4 Å². The number of carbonyl (C=O) groups is 1. The molecule has 0 aliphatic heterocycles. The first-order valence-corrected chi connectivity index (χ1v) is 12.3. The van der Waals surface area contributed by atoms with Crippen molar-refractivity contribution in [1.29, 1.82) is 10.5 Å². The average molecular weight is 496 g/mol. The number of carbonyl (C=O) groups excluding carboxylic acids is 1. The Bertz CT molecular complexity index is 1240. The Kier molecular flexibility index (Phi) is 8.58. The van der Waals surface area contributed by atoms with Gasteiger partial charge in [-0.3, -0.25) is 4.90 Å². The highest BCUT2D eigenvalue weighted by molar-refractivity contribution is 5.89. The Balaban J connectivity index is 2.43. The monoisotopic (exact) mass is 495 g/mol. The first-order valence-electron chi connectivity index (χ1n) is 12.3. The van der Waals surface area contributed by atoms with Gasteiger partial charge in [0.25, 0.3) is 0 Å². The number of hydrogen-bond donors (Lipinski definition) is 0. The summed E-state index contributed by atoms with van der Waals surface area (Å²) in [5.41, 5.74) is 0.288. The number of benzene rings is 3. The maximum Gasteiger partial charge on any atom is 0.415 e. The molecule has 0 aromatic heterocycles. The molecule has 6 heteroatoms. The van der Waals surface area contributed by atoms with E-state index in [-0.39, 0.29) is 0 Å². The normalized spacial score (nSPS) is 13.5. The number of methoxy groups -OCH3 is 1. The largest absolute Gasteiger partial charge is 0.497 e. The topological polar surface area (TPSA) is 86.4 Å². The van der Waals surface area contributed by atoms with Crippen LogP contribution < -0.4 is 9.64 Å². The molecule has 190 valence electrons. The van der Waals surface area contributed by atoms with E-state index in [0.717, 1.165) is 11.1 Å². The summed E-state index contributed by atoms with van der Waals surface area (Å²) < 4.78 is 11.3. The molecular formula is C31H33N3O3. The lowest BCUT2D eigenvalue weighted by molar-refractivity contribution is 0.0539. The average Bonchev–Trinajstić information content (AvgIpc) is 2.91. The van der Waals surface area contributed by atoms with Crippen molar-refractivity contribution in [2.75, 3.05) is 12.0 Å². The first-order chi connectivity index (χ1) is 17.7. The lowest BCUT2D eigenvalue weighted by Gasteiger charge is -2.47. The van der Waals surface area contributed by atoms with Crippen LogP contribution in [0.3, 0.4) is 0 Å². The van der Waals surface area contributed by atoms with Gasteiger partial charge in [-0.2, -0.15) is 10.5 Å². The minimum absolute atomic E-state index is 0.414. The highest BCUT2D eigenvalue weighted by Crippen LogP contribution is 2.50. The molecule has 0 bridgehead atoms. The zero-order valence-electron chi connectivity index (χ0n) is 22.0. The molecule has 0 fully saturated rings. The number of hydrogen-bond acceptors (Lipinski definition) is 5. The molecule has 0 saturated carbocycles. The zero-order valence-corrected chi connectivity index (χ0v) is 22.0. The van der Waals surface area contributed by atoms with E-state index in [1.165, 1.54) is 0 Å². The number of ether oxygens (including phenoxy) is 2. The van der Waals surface area contributed by atoms with Gasteiger partial charge in [0.15, 0.2) is 0 Å². The summed E-state index contributed by atoms with van der Waals surface area (Å²) in [6, 6.07) is 29.9. The summed E-state index contributed by atoms with van der Waals surface area (Å²) >= 11 is 0. The van der Waals surface area contributed by atoms with Crippen LogP contribution in [0.25, 0.3) is 0 Å². The van der Waals surface area contributed by atoms with Crippen molar-refractivity contribution in [2.24, 2.45) is 5.92 Å². The highest BCUT2D eigenvalue weighted by Gasteiger charge is 2.52. The lowest BCUT2D eigenvalue weighted by atomic mass is 9.62. The first kappa shape index (κ1) is 27.3. The van der Waals surface area contributed by atoms with Gasteiger partial charge in [-0.25, -0.2) is 4.79 Å². The van der Waals surface area contributed by atoms with Crippen molar-refractivity contribution < 1.29 is 14.3 Å². The molecule has 3 aromatic carbocycles. The Morgan fingerprint density at radius 2 is 1.43 bits per heavy atom. The fraction of sp³-hybridized carbons (Fsp3) is 0.323. The molecular weight excluding hydrogens is 462 g/mol. The standard InChI is InChI=1S/C31H33N3O3/c1-6-31(25(21-32)22-33,24-15-11-8-12-16-24)28(23-13-9-7-10-14-23)34(29(35)37-30(2,3)4)26-17-19-27(36-5)20-18-26/h7-20,25,28H,6H2,1-5H3/t28-,31+/m1/s1. The van der Waals surface area contributed by atoms with Crippen molar-refractivity contribution in [3.63, 3.8) is 0 Å². The van der Waals surface area contributed by atoms with Crippen molar-refractivity contribution in [1.82, 2.24) is 0 Å². The molecule has 0 unspecified atom stereocenters. The Labute approximate surface area is 219 Å². The smallest absolute Gasteiger partial charge is 0.415 e. The van der Waals surface area contributed by atoms with Gasteiger partial charge in [0.05, 0.1) is 25.3 Å². The third-order valence-corrected chi connectivity index (χ3v) is 6.47. The van der Waals surface area contributed by atoms with Crippen LogP contribution in [0.4, 0.5) is 10.5 Å². The Morgan fingerprint density at radius 1 is 0.892 bits per heavy atom. The molecule has 0 radical (unpaired) electrons. The third-order valence-electron chi connectivity index (χ3n) is 6.47. The summed E-state index contributed by atoms with van der Waals surface area (Å²) in [5.74, 6) is -0.422. The van der Waals surface area contributed by atoms with Gasteiger partial charge in [0.1, 0.15) is 17.3 Å². The highest BCUT2D eigenvalue weighted by atomic mass is 16.6. The lowest BCUT2D eigenvalue weighted by Crippen LogP contribution is -2.51. The summed E-state index contributed by atoms with van der Waals surface area (Å²) in [6.45, 7) is 7.39. The minimum Gasteiger partial charge on any atom is -0.497 e. The fourth-order valence-corrected chi connectivity index (χ4v) is 4.82. The zero-order chi connectivity index (χ0) is 27.1. The van der Waals surface area contributed by atoms with Gasteiger partial charge < -0.3 is 9.47 Å². The molecule has 0 spiro atoms. The molecule has 2 atom stereocenters. The fourth-order valence-electron chi connectivity index (χ4n) is 4.82. The molecule has 37 heavy (non-hydrogen) atoms. The van der Waals surface area contributed by atoms with Crippen molar-refractivity contribution >= 4 is 11.8 Å². The second kappa shape index (κ2) is 11.6. The summed E-state index contributed by atoms with van der Waals surface area (Å²) in [7, 11) is 1.58. The van der Waals surface area contributed by atoms with E-state index >= 15 is 0 Å². The van der Waals surface area contributed by atoms with E-state index < -0.39 is 29.1 Å². The molecule has 0 saturated heterocycles. The number of nitriles is 2. The van der Waals surface area contributed by atoms with Gasteiger partial charge in [-0.15, -0.1) is 0 Å². The van der Waals surface area contributed by atoms with Crippen LogP contribution >= 0.6 is 0 Å². The number of nitrogens with zero attached hydrogens (tertiary/aromatic N) is 3. The summed E-state index contributed by atoms with van der Waals surface area (Å²) in [5, 5.41) is 20.5. The Morgan fingerprint density at radius 3 is 1.89 bits per heavy atom. The number of anilines is 1. The SMILES string of the molecule is CC[C@](c1ccccc1)(C(C#N)C#N)[C@@H](c1ccccc1)N(C(=O)OC(C)(C)C)c1ccc(OC)cc1. The van der Waals surface area contributed by atoms with Gasteiger partial charge in [0.2, 0.25) is 0 Å². The van der Waals surface area contributed by atoms with E-state index in [4.69, 9.17) is 9.47 Å². The van der Waals surface area contributed by atoms with Crippen LogP contribution in [0.2, 0.25) is 0 Å². The molecule has 0 N–H and O–H groups in total. The maximum atomic E-state index is 14.0. The second-order valence-corrected chi connectivity index (χ2v) is 9.81. The minimum atomic E-state index is -1.08. The molecule has 0 aliphatic carbocycles. The molecule has 0 aliphatic rings. The molecule has 3 aromatic rings. The van der Waals surface area contributed by atoms with Crippen molar-refractivity contribution in [3.05, 3.63) is 96.1 Å². The van der Waals surface area contributed by atoms with Crippen LogP contribution in [0.1, 0.15) is 51.3 Å². The van der Waals surface area contributed by atoms with Gasteiger partial charge >= 0.3 is 6.09 Å². The molecule has 6 nitrogen and oxygen atoms in total. The predicted molar refractivity (Wildman–Crippen MR) is 144 cm³/mol. The van der Waals surface area contributed by atoms with Gasteiger partial charge in [0, 0.05) is 11.1 Å². The summed E-state index contributed by atoms with van der Waals surface area (Å²) in [6.07, 6.45) is -0.160. The van der Waals surface area contributed by atoms with Crippen molar-refractivity contribution in [2.45, 2.75) is 51.2 Å². The predicted octanol–water partition coefficient (Wildman–Crippen LogP) is 7.19. The van der Waals surface area contributed by atoms with E-state index in [0.29, 0.717) is 17.9 Å². The number of amides is 1. The second-order valence-electron chi connectivity index (χ2n) is 9.81. The summed E-state index contributed by atoms with van der Waals surface area (Å²) in [4.78, 5) is 15.6. The third kappa shape index (κ3) is 5.76.